The lowest BCUT2D eigenvalue weighted by Gasteiger charge is -2.36. The molecule has 185 valence electrons. The number of phenolic OH excluding ortho intramolecular Hbond substituents is 1. The van der Waals surface area contributed by atoms with Crippen molar-refractivity contribution < 1.29 is 19.4 Å². The SMILES string of the molecule is CNCCC[C]1CC(C(=O)c2cccc(O)c2)=C(c2cccc(F)c2C)C(O)=C1C1CCCNC1. The van der Waals surface area contributed by atoms with Crippen molar-refractivity contribution in [3.63, 3.8) is 0 Å². The fourth-order valence-electron chi connectivity index (χ4n) is 5.31. The molecule has 0 aromatic heterocycles. The number of benzene rings is 2. The van der Waals surface area contributed by atoms with Crippen molar-refractivity contribution in [2.75, 3.05) is 26.7 Å². The van der Waals surface area contributed by atoms with E-state index >= 15 is 0 Å². The second kappa shape index (κ2) is 11.2. The van der Waals surface area contributed by atoms with E-state index in [9.17, 15) is 19.4 Å². The number of aliphatic hydroxyl groups is 1. The molecular formula is C29H34FN2O3. The summed E-state index contributed by atoms with van der Waals surface area (Å²) in [5.74, 6) is 0.640. The fourth-order valence-corrected chi connectivity index (χ4v) is 5.31. The van der Waals surface area contributed by atoms with Gasteiger partial charge in [0.2, 0.25) is 0 Å². The van der Waals surface area contributed by atoms with Crippen LogP contribution < -0.4 is 10.6 Å². The van der Waals surface area contributed by atoms with E-state index in [0.717, 1.165) is 56.8 Å². The highest BCUT2D eigenvalue weighted by Crippen LogP contribution is 2.47. The van der Waals surface area contributed by atoms with E-state index in [1.165, 1.54) is 18.2 Å². The first kappa shape index (κ1) is 25.1. The highest BCUT2D eigenvalue weighted by atomic mass is 19.1. The van der Waals surface area contributed by atoms with Crippen molar-refractivity contribution in [2.45, 2.75) is 39.0 Å². The van der Waals surface area contributed by atoms with Crippen molar-refractivity contribution in [1.82, 2.24) is 10.6 Å². The Morgan fingerprint density at radius 3 is 2.71 bits per heavy atom. The maximum atomic E-state index is 14.6. The lowest BCUT2D eigenvalue weighted by atomic mass is 9.70. The van der Waals surface area contributed by atoms with Crippen LogP contribution in [-0.4, -0.2) is 42.7 Å². The van der Waals surface area contributed by atoms with Gasteiger partial charge in [-0.15, -0.1) is 0 Å². The Balaban J connectivity index is 1.91. The van der Waals surface area contributed by atoms with E-state index in [4.69, 9.17) is 0 Å². The number of carbonyl (C=O) groups is 1. The highest BCUT2D eigenvalue weighted by Gasteiger charge is 2.37. The first-order valence-electron chi connectivity index (χ1n) is 12.4. The number of hydrogen-bond donors (Lipinski definition) is 4. The van der Waals surface area contributed by atoms with Gasteiger partial charge in [-0.05, 0) is 100.0 Å². The van der Waals surface area contributed by atoms with Gasteiger partial charge in [0, 0.05) is 29.2 Å². The third-order valence-corrected chi connectivity index (χ3v) is 7.09. The van der Waals surface area contributed by atoms with Gasteiger partial charge < -0.3 is 20.8 Å². The van der Waals surface area contributed by atoms with Crippen molar-refractivity contribution in [1.29, 1.82) is 0 Å². The minimum atomic E-state index is -0.378. The molecule has 5 nitrogen and oxygen atoms in total. The summed E-state index contributed by atoms with van der Waals surface area (Å²) in [6.45, 7) is 4.22. The average Bonchev–Trinajstić information content (AvgIpc) is 2.86. The number of hydrogen-bond acceptors (Lipinski definition) is 5. The summed E-state index contributed by atoms with van der Waals surface area (Å²) in [7, 11) is 1.91. The summed E-state index contributed by atoms with van der Waals surface area (Å²) in [5.41, 5.74) is 3.02. The zero-order chi connectivity index (χ0) is 24.9. The average molecular weight is 478 g/mol. The zero-order valence-corrected chi connectivity index (χ0v) is 20.5. The summed E-state index contributed by atoms with van der Waals surface area (Å²) < 4.78 is 14.6. The van der Waals surface area contributed by atoms with Crippen LogP contribution >= 0.6 is 0 Å². The molecule has 0 saturated carbocycles. The fraction of sp³-hybridized carbons (Fsp3) is 0.379. The number of aromatic hydroxyl groups is 1. The third kappa shape index (κ3) is 5.34. The molecule has 0 amide bonds. The molecule has 1 aliphatic carbocycles. The van der Waals surface area contributed by atoms with Crippen LogP contribution in [0, 0.1) is 24.6 Å². The van der Waals surface area contributed by atoms with Crippen LogP contribution in [-0.2, 0) is 0 Å². The molecule has 0 bridgehead atoms. The number of Topliss-reactive ketones (excluding diaryl/α,β-unsaturated/α-hetero) is 1. The molecule has 1 unspecified atom stereocenters. The van der Waals surface area contributed by atoms with Gasteiger partial charge in [0.1, 0.15) is 17.3 Å². The van der Waals surface area contributed by atoms with Crippen LogP contribution in [0.3, 0.4) is 0 Å². The molecular weight excluding hydrogens is 443 g/mol. The van der Waals surface area contributed by atoms with Gasteiger partial charge in [-0.1, -0.05) is 24.3 Å². The normalized spacial score (nSPS) is 19.3. The molecule has 0 spiro atoms. The summed E-state index contributed by atoms with van der Waals surface area (Å²) >= 11 is 0. The molecule has 6 heteroatoms. The molecule has 2 aliphatic rings. The molecule has 4 rings (SSSR count). The minimum Gasteiger partial charge on any atom is -0.508 e. The molecule has 4 N–H and O–H groups in total. The summed E-state index contributed by atoms with van der Waals surface area (Å²) in [6.07, 6.45) is 3.98. The Hall–Kier alpha value is -2.96. The summed E-state index contributed by atoms with van der Waals surface area (Å²) in [4.78, 5) is 13.8. The first-order valence-corrected chi connectivity index (χ1v) is 12.4. The van der Waals surface area contributed by atoms with E-state index < -0.39 is 0 Å². The number of ketones is 1. The molecule has 2 aromatic carbocycles. The predicted molar refractivity (Wildman–Crippen MR) is 137 cm³/mol. The second-order valence-electron chi connectivity index (χ2n) is 9.44. The second-order valence-corrected chi connectivity index (χ2v) is 9.44. The standard InChI is InChI=1S/C29H34FN2O3/c1-18-23(11-4-12-25(18)30)27-24(28(34)20-7-3-10-22(33)15-20)16-19(8-5-13-31-2)26(29(27)35)21-9-6-14-32-17-21/h3-4,7,10-12,15,21,31-33,35H,5-6,8-9,13-14,16-17H2,1-2H3. The lowest BCUT2D eigenvalue weighted by Crippen LogP contribution is -2.34. The largest absolute Gasteiger partial charge is 0.508 e. The van der Waals surface area contributed by atoms with Crippen LogP contribution in [0.5, 0.6) is 5.75 Å². The van der Waals surface area contributed by atoms with Crippen LogP contribution in [0.2, 0.25) is 0 Å². The van der Waals surface area contributed by atoms with E-state index in [2.05, 4.69) is 10.6 Å². The van der Waals surface area contributed by atoms with Gasteiger partial charge in [-0.2, -0.15) is 0 Å². The van der Waals surface area contributed by atoms with E-state index in [-0.39, 0.29) is 29.0 Å². The zero-order valence-electron chi connectivity index (χ0n) is 20.5. The Morgan fingerprint density at radius 2 is 2.00 bits per heavy atom. The van der Waals surface area contributed by atoms with Crippen molar-refractivity contribution >= 4 is 11.4 Å². The molecule has 1 radical (unpaired) electrons. The van der Waals surface area contributed by atoms with Crippen molar-refractivity contribution in [3.05, 3.63) is 87.8 Å². The molecule has 1 saturated heterocycles. The number of phenols is 1. The van der Waals surface area contributed by atoms with Crippen LogP contribution in [0.4, 0.5) is 4.39 Å². The first-order chi connectivity index (χ1) is 16.9. The number of halogens is 1. The van der Waals surface area contributed by atoms with Gasteiger partial charge in [0.05, 0.1) is 0 Å². The third-order valence-electron chi connectivity index (χ3n) is 7.09. The van der Waals surface area contributed by atoms with Gasteiger partial charge in [0.15, 0.2) is 5.78 Å². The van der Waals surface area contributed by atoms with Gasteiger partial charge in [0.25, 0.3) is 0 Å². The number of nitrogens with one attached hydrogen (secondary N) is 2. The maximum absolute atomic E-state index is 14.6. The van der Waals surface area contributed by atoms with Crippen molar-refractivity contribution in [3.8, 4) is 5.75 Å². The topological polar surface area (TPSA) is 81.6 Å². The predicted octanol–water partition coefficient (Wildman–Crippen LogP) is 5.27. The monoisotopic (exact) mass is 477 g/mol. The number of allylic oxidation sites excluding steroid dienone is 2. The highest BCUT2D eigenvalue weighted by molar-refractivity contribution is 6.15. The quantitative estimate of drug-likeness (QED) is 0.308. The molecule has 2 aromatic rings. The minimum absolute atomic E-state index is 0.00250. The summed E-state index contributed by atoms with van der Waals surface area (Å²) in [5, 5.41) is 28.4. The molecule has 1 aliphatic heterocycles. The van der Waals surface area contributed by atoms with E-state index in [0.29, 0.717) is 34.3 Å². The summed E-state index contributed by atoms with van der Waals surface area (Å²) in [6, 6.07) is 11.0. The van der Waals surface area contributed by atoms with Crippen LogP contribution in [0.1, 0.15) is 53.6 Å². The number of carbonyl (C=O) groups excluding carboxylic acids is 1. The number of aliphatic hydroxyl groups excluding tert-OH is 1. The number of rotatable bonds is 8. The van der Waals surface area contributed by atoms with E-state index in [1.807, 2.05) is 7.05 Å². The molecule has 1 fully saturated rings. The lowest BCUT2D eigenvalue weighted by molar-refractivity contribution is 0.103. The van der Waals surface area contributed by atoms with Gasteiger partial charge in [-0.25, -0.2) is 4.39 Å². The van der Waals surface area contributed by atoms with Crippen LogP contribution in [0.25, 0.3) is 5.57 Å². The molecule has 1 atom stereocenters. The van der Waals surface area contributed by atoms with Gasteiger partial charge in [-0.3, -0.25) is 4.79 Å². The van der Waals surface area contributed by atoms with Crippen LogP contribution in [0.15, 0.2) is 59.4 Å². The molecule has 1 heterocycles. The van der Waals surface area contributed by atoms with Gasteiger partial charge >= 0.3 is 0 Å². The van der Waals surface area contributed by atoms with Crippen molar-refractivity contribution in [2.24, 2.45) is 5.92 Å². The Kier molecular flexibility index (Phi) is 8.04. The molecule has 35 heavy (non-hydrogen) atoms. The Bertz CT molecular complexity index is 1150. The smallest absolute Gasteiger partial charge is 0.189 e. The number of piperidine rings is 1. The maximum Gasteiger partial charge on any atom is 0.189 e. The Labute approximate surface area is 206 Å². The van der Waals surface area contributed by atoms with E-state index in [1.54, 1.807) is 31.2 Å². The Morgan fingerprint density at radius 1 is 1.20 bits per heavy atom.